The Balaban J connectivity index is 1.20. The fourth-order valence-corrected chi connectivity index (χ4v) is 8.16. The van der Waals surface area contributed by atoms with Gasteiger partial charge in [-0.1, -0.05) is 61.4 Å². The normalized spacial score (nSPS) is 20.1. The van der Waals surface area contributed by atoms with E-state index in [1.54, 1.807) is 18.2 Å². The fraction of sp³-hybridized carbons (Fsp3) is 0.529. The molecule has 0 unspecified atom stereocenters. The van der Waals surface area contributed by atoms with Crippen LogP contribution < -0.4 is 10.1 Å². The molecule has 0 spiro atoms. The van der Waals surface area contributed by atoms with E-state index in [9.17, 15) is 9.59 Å². The number of carbonyl (C=O) groups excluding carboxylic acids is 2. The molecule has 46 heavy (non-hydrogen) atoms. The maximum absolute atomic E-state index is 13.5. The molecule has 0 bridgehead atoms. The van der Waals surface area contributed by atoms with Gasteiger partial charge in [0.05, 0.1) is 10.0 Å². The van der Waals surface area contributed by atoms with Crippen molar-refractivity contribution in [3.63, 3.8) is 0 Å². The molecule has 1 N–H and O–H groups in total. The second kappa shape index (κ2) is 14.6. The third kappa shape index (κ3) is 7.68. The predicted molar refractivity (Wildman–Crippen MR) is 181 cm³/mol. The van der Waals surface area contributed by atoms with E-state index in [2.05, 4.69) is 41.2 Å². The maximum atomic E-state index is 13.5. The third-order valence-corrected chi connectivity index (χ3v) is 10.9. The summed E-state index contributed by atoms with van der Waals surface area (Å²) in [6.45, 7) is 10.9. The van der Waals surface area contributed by atoms with Crippen LogP contribution in [-0.2, 0) is 16.1 Å². The standard InChI is InChI=1S/C34H41Cl2N5O4S/c1-20(2)33-38-39-34(46-33)31-27(35)16-26(17-28(31)36)45-29-15-22(4-5-23(29)19-41-18-21(3)14-30(41)42)32(43)37-24-6-10-40(11-7-24)25-8-12-44-13-9-25/h4-5,15-17,20-21,24-25H,6-14,18-19H2,1-3H3,(H,37,43)/t21-/m0/s1. The van der Waals surface area contributed by atoms with Crippen molar-refractivity contribution in [3.05, 3.63) is 56.5 Å². The second-order valence-corrected chi connectivity index (χ2v) is 14.8. The number of carbonyl (C=O) groups is 2. The van der Waals surface area contributed by atoms with E-state index in [0.29, 0.717) is 69.1 Å². The number of halogens is 2. The van der Waals surface area contributed by atoms with Gasteiger partial charge in [0.1, 0.15) is 16.5 Å². The first-order valence-corrected chi connectivity index (χ1v) is 17.8. The number of likely N-dealkylation sites (tertiary alicyclic amines) is 2. The van der Waals surface area contributed by atoms with E-state index in [0.717, 1.165) is 62.6 Å². The van der Waals surface area contributed by atoms with Gasteiger partial charge in [-0.3, -0.25) is 9.59 Å². The lowest BCUT2D eigenvalue weighted by molar-refractivity contribution is -0.128. The van der Waals surface area contributed by atoms with Crippen LogP contribution >= 0.6 is 34.5 Å². The average Bonchev–Trinajstić information content (AvgIpc) is 3.64. The van der Waals surface area contributed by atoms with Gasteiger partial charge >= 0.3 is 0 Å². The Kier molecular flexibility index (Phi) is 10.5. The summed E-state index contributed by atoms with van der Waals surface area (Å²) in [6, 6.07) is 9.52. The summed E-state index contributed by atoms with van der Waals surface area (Å²) in [5.74, 6) is 1.40. The lowest BCUT2D eigenvalue weighted by Gasteiger charge is -2.39. The maximum Gasteiger partial charge on any atom is 0.251 e. The van der Waals surface area contributed by atoms with Gasteiger partial charge in [0.2, 0.25) is 5.91 Å². The lowest BCUT2D eigenvalue weighted by atomic mass is 9.99. The molecule has 0 radical (unpaired) electrons. The van der Waals surface area contributed by atoms with E-state index in [1.807, 2.05) is 17.0 Å². The lowest BCUT2D eigenvalue weighted by Crippen LogP contribution is -2.49. The van der Waals surface area contributed by atoms with Crippen molar-refractivity contribution in [1.29, 1.82) is 0 Å². The molecule has 9 nitrogen and oxygen atoms in total. The Morgan fingerprint density at radius 3 is 2.43 bits per heavy atom. The van der Waals surface area contributed by atoms with E-state index in [4.69, 9.17) is 32.7 Å². The number of hydrogen-bond donors (Lipinski definition) is 1. The topological polar surface area (TPSA) is 96.9 Å². The van der Waals surface area contributed by atoms with Crippen molar-refractivity contribution in [2.24, 2.45) is 5.92 Å². The van der Waals surface area contributed by atoms with Gasteiger partial charge < -0.3 is 24.6 Å². The highest BCUT2D eigenvalue weighted by molar-refractivity contribution is 7.14. The summed E-state index contributed by atoms with van der Waals surface area (Å²) in [7, 11) is 0. The molecule has 0 saturated carbocycles. The first kappa shape index (κ1) is 33.2. The Labute approximate surface area is 284 Å². The molecule has 3 fully saturated rings. The van der Waals surface area contributed by atoms with Crippen LogP contribution in [0.25, 0.3) is 10.6 Å². The zero-order valence-electron chi connectivity index (χ0n) is 26.6. The number of piperidine rings is 1. The first-order chi connectivity index (χ1) is 22.1. The highest BCUT2D eigenvalue weighted by Crippen LogP contribution is 2.41. The molecule has 1 aromatic heterocycles. The molecule has 2 aromatic carbocycles. The Hall–Kier alpha value is -2.76. The van der Waals surface area contributed by atoms with Crippen molar-refractivity contribution in [2.75, 3.05) is 32.8 Å². The monoisotopic (exact) mass is 685 g/mol. The van der Waals surface area contributed by atoms with Crippen LogP contribution in [0, 0.1) is 5.92 Å². The fourth-order valence-electron chi connectivity index (χ4n) is 6.49. The van der Waals surface area contributed by atoms with Crippen LogP contribution in [0.5, 0.6) is 11.5 Å². The quantitative estimate of drug-likeness (QED) is 0.255. The molecule has 3 saturated heterocycles. The van der Waals surface area contributed by atoms with Gasteiger partial charge in [0.25, 0.3) is 5.91 Å². The number of nitrogens with zero attached hydrogens (tertiary/aromatic N) is 4. The van der Waals surface area contributed by atoms with Crippen molar-refractivity contribution >= 4 is 46.4 Å². The first-order valence-electron chi connectivity index (χ1n) is 16.2. The molecule has 12 heteroatoms. The largest absolute Gasteiger partial charge is 0.457 e. The number of benzene rings is 2. The highest BCUT2D eigenvalue weighted by Gasteiger charge is 2.29. The number of amides is 2. The predicted octanol–water partition coefficient (Wildman–Crippen LogP) is 7.17. The van der Waals surface area contributed by atoms with Gasteiger partial charge in [-0.25, -0.2) is 0 Å². The van der Waals surface area contributed by atoms with Crippen molar-refractivity contribution in [3.8, 4) is 22.1 Å². The van der Waals surface area contributed by atoms with E-state index in [1.165, 1.54) is 11.3 Å². The summed E-state index contributed by atoms with van der Waals surface area (Å²) >= 11 is 14.9. The van der Waals surface area contributed by atoms with E-state index in [-0.39, 0.29) is 23.8 Å². The number of hydrogen-bond acceptors (Lipinski definition) is 8. The summed E-state index contributed by atoms with van der Waals surface area (Å²) in [5.41, 5.74) is 1.90. The SMILES string of the molecule is CC(C)c1nnc(-c2c(Cl)cc(Oc3cc(C(=O)NC4CCN(C5CCOCC5)CC4)ccc3CN3C[C@@H](C)CC3=O)cc2Cl)s1. The highest BCUT2D eigenvalue weighted by atomic mass is 35.5. The summed E-state index contributed by atoms with van der Waals surface area (Å²) in [6.07, 6.45) is 4.51. The van der Waals surface area contributed by atoms with Gasteiger partial charge in [0.15, 0.2) is 5.01 Å². The number of nitrogens with one attached hydrogen (secondary N) is 1. The van der Waals surface area contributed by atoms with Crippen LogP contribution in [0.1, 0.15) is 79.7 Å². The van der Waals surface area contributed by atoms with Crippen LogP contribution in [0.2, 0.25) is 10.0 Å². The molecule has 4 heterocycles. The van der Waals surface area contributed by atoms with Gasteiger partial charge in [-0.2, -0.15) is 0 Å². The number of rotatable bonds is 9. The summed E-state index contributed by atoms with van der Waals surface area (Å²) in [4.78, 5) is 30.5. The van der Waals surface area contributed by atoms with Crippen LogP contribution in [0.15, 0.2) is 30.3 Å². The van der Waals surface area contributed by atoms with Crippen molar-refractivity contribution < 1.29 is 19.1 Å². The molecular weight excluding hydrogens is 645 g/mol. The van der Waals surface area contributed by atoms with Gasteiger partial charge in [-0.15, -0.1) is 10.2 Å². The minimum absolute atomic E-state index is 0.109. The smallest absolute Gasteiger partial charge is 0.251 e. The van der Waals surface area contributed by atoms with E-state index < -0.39 is 0 Å². The third-order valence-electron chi connectivity index (χ3n) is 9.06. The zero-order chi connectivity index (χ0) is 32.4. The van der Waals surface area contributed by atoms with Crippen molar-refractivity contribution in [1.82, 2.24) is 25.3 Å². The molecule has 246 valence electrons. The van der Waals surface area contributed by atoms with Crippen LogP contribution in [0.4, 0.5) is 0 Å². The van der Waals surface area contributed by atoms with Gasteiger partial charge in [0, 0.05) is 92.6 Å². The molecular formula is C34H41Cl2N5O4S. The molecule has 3 aliphatic heterocycles. The molecule has 0 aliphatic carbocycles. The number of ether oxygens (including phenoxy) is 2. The molecule has 1 atom stereocenters. The molecule has 2 amide bonds. The summed E-state index contributed by atoms with van der Waals surface area (Å²) < 4.78 is 11.9. The summed E-state index contributed by atoms with van der Waals surface area (Å²) in [5, 5.41) is 14.1. The minimum Gasteiger partial charge on any atom is -0.457 e. The van der Waals surface area contributed by atoms with Gasteiger partial charge in [-0.05, 0) is 43.7 Å². The Bertz CT molecular complexity index is 1550. The molecule has 3 aromatic rings. The van der Waals surface area contributed by atoms with Crippen LogP contribution in [0.3, 0.4) is 0 Å². The Morgan fingerprint density at radius 2 is 1.80 bits per heavy atom. The number of aromatic nitrogens is 2. The second-order valence-electron chi connectivity index (χ2n) is 13.0. The minimum atomic E-state index is -0.143. The van der Waals surface area contributed by atoms with E-state index >= 15 is 0 Å². The molecule has 3 aliphatic rings. The zero-order valence-corrected chi connectivity index (χ0v) is 28.9. The Morgan fingerprint density at radius 1 is 1.09 bits per heavy atom. The van der Waals surface area contributed by atoms with Crippen LogP contribution in [-0.4, -0.2) is 76.7 Å². The molecule has 6 rings (SSSR count). The average molecular weight is 687 g/mol. The van der Waals surface area contributed by atoms with Crippen molar-refractivity contribution in [2.45, 2.75) is 77.4 Å².